The van der Waals surface area contributed by atoms with Crippen LogP contribution < -0.4 is 11.1 Å². The molecule has 2 rings (SSSR count). The molecule has 5 heteroatoms. The summed E-state index contributed by atoms with van der Waals surface area (Å²) in [6.45, 7) is 2.23. The Kier molecular flexibility index (Phi) is 5.04. The van der Waals surface area contributed by atoms with Gasteiger partial charge in [-0.1, -0.05) is 26.2 Å². The van der Waals surface area contributed by atoms with E-state index in [1.54, 1.807) is 17.9 Å². The number of anilines is 2. The molecule has 1 saturated carbocycles. The van der Waals surface area contributed by atoms with Crippen LogP contribution in [0.1, 0.15) is 51.9 Å². The molecule has 0 atom stereocenters. The summed E-state index contributed by atoms with van der Waals surface area (Å²) in [6, 6.07) is 0. The van der Waals surface area contributed by atoms with E-state index in [4.69, 9.17) is 5.73 Å². The third-order valence-electron chi connectivity index (χ3n) is 4.39. The van der Waals surface area contributed by atoms with Gasteiger partial charge in [0.15, 0.2) is 5.82 Å². The number of aryl methyl sites for hydroxylation is 1. The lowest BCUT2D eigenvalue weighted by atomic mass is 9.79. The highest BCUT2D eigenvalue weighted by atomic mass is 16.2. The Bertz CT molecular complexity index is 427. The normalized spacial score (nSPS) is 22.7. The van der Waals surface area contributed by atoms with Crippen molar-refractivity contribution in [3.8, 4) is 0 Å². The van der Waals surface area contributed by atoms with Gasteiger partial charge < -0.3 is 11.1 Å². The summed E-state index contributed by atoms with van der Waals surface area (Å²) < 4.78 is 1.61. The molecule has 1 fully saturated rings. The number of hydrogen-bond acceptors (Lipinski definition) is 3. The molecule has 1 aliphatic carbocycles. The van der Waals surface area contributed by atoms with Crippen molar-refractivity contribution in [1.29, 1.82) is 0 Å². The van der Waals surface area contributed by atoms with E-state index in [1.807, 2.05) is 0 Å². The van der Waals surface area contributed by atoms with Crippen molar-refractivity contribution in [3.63, 3.8) is 0 Å². The summed E-state index contributed by atoms with van der Waals surface area (Å²) in [7, 11) is 1.79. The molecule has 1 aromatic heterocycles. The quantitative estimate of drug-likeness (QED) is 0.869. The van der Waals surface area contributed by atoms with E-state index in [-0.39, 0.29) is 11.8 Å². The van der Waals surface area contributed by atoms with E-state index in [0.29, 0.717) is 11.5 Å². The average molecular weight is 278 g/mol. The van der Waals surface area contributed by atoms with Gasteiger partial charge in [-0.25, -0.2) is 0 Å². The molecule has 1 heterocycles. The Labute approximate surface area is 120 Å². The molecule has 0 aliphatic heterocycles. The van der Waals surface area contributed by atoms with E-state index >= 15 is 0 Å². The lowest BCUT2D eigenvalue weighted by Gasteiger charge is -2.27. The molecule has 1 aromatic rings. The second-order valence-corrected chi connectivity index (χ2v) is 5.92. The summed E-state index contributed by atoms with van der Waals surface area (Å²) in [5, 5.41) is 6.96. The van der Waals surface area contributed by atoms with Crippen LogP contribution in [0.25, 0.3) is 0 Å². The maximum absolute atomic E-state index is 12.3. The first-order chi connectivity index (χ1) is 9.61. The van der Waals surface area contributed by atoms with E-state index in [2.05, 4.69) is 17.3 Å². The SMILES string of the molecule is CCCCC1CCC(C(=O)Nc2c(N)cnn2C)CC1. The van der Waals surface area contributed by atoms with Crippen molar-refractivity contribution < 1.29 is 4.79 Å². The number of unbranched alkanes of at least 4 members (excludes halogenated alkanes) is 1. The molecular weight excluding hydrogens is 252 g/mol. The van der Waals surface area contributed by atoms with Crippen LogP contribution in [-0.4, -0.2) is 15.7 Å². The first kappa shape index (κ1) is 14.9. The third-order valence-corrected chi connectivity index (χ3v) is 4.39. The lowest BCUT2D eigenvalue weighted by Crippen LogP contribution is -2.28. The standard InChI is InChI=1S/C15H26N4O/c1-3-4-5-11-6-8-12(9-7-11)15(20)18-14-13(16)10-17-19(14)2/h10-12H,3-9,16H2,1-2H3,(H,18,20). The van der Waals surface area contributed by atoms with Crippen LogP contribution in [0.5, 0.6) is 0 Å². The molecule has 0 unspecified atom stereocenters. The molecule has 0 aromatic carbocycles. The first-order valence-corrected chi connectivity index (χ1v) is 7.70. The molecule has 20 heavy (non-hydrogen) atoms. The summed E-state index contributed by atoms with van der Waals surface area (Å²) in [5.74, 6) is 1.65. The Balaban J connectivity index is 1.83. The number of amides is 1. The van der Waals surface area contributed by atoms with Crippen molar-refractivity contribution in [3.05, 3.63) is 6.20 Å². The van der Waals surface area contributed by atoms with Gasteiger partial charge in [-0.05, 0) is 31.6 Å². The fourth-order valence-corrected chi connectivity index (χ4v) is 3.03. The third kappa shape index (κ3) is 3.52. The summed E-state index contributed by atoms with van der Waals surface area (Å²) >= 11 is 0. The number of nitrogen functional groups attached to an aromatic ring is 1. The maximum Gasteiger partial charge on any atom is 0.228 e. The zero-order valence-electron chi connectivity index (χ0n) is 12.6. The molecule has 112 valence electrons. The van der Waals surface area contributed by atoms with Crippen LogP contribution in [0.3, 0.4) is 0 Å². The number of nitrogens with two attached hydrogens (primary N) is 1. The highest BCUT2D eigenvalue weighted by Gasteiger charge is 2.26. The second-order valence-electron chi connectivity index (χ2n) is 5.92. The van der Waals surface area contributed by atoms with Crippen LogP contribution in [0.15, 0.2) is 6.20 Å². The van der Waals surface area contributed by atoms with Crippen molar-refractivity contribution in [2.45, 2.75) is 51.9 Å². The van der Waals surface area contributed by atoms with Gasteiger partial charge >= 0.3 is 0 Å². The minimum Gasteiger partial charge on any atom is -0.394 e. The molecule has 1 amide bonds. The van der Waals surface area contributed by atoms with Gasteiger partial charge in [0.25, 0.3) is 0 Å². The van der Waals surface area contributed by atoms with E-state index in [9.17, 15) is 4.79 Å². The van der Waals surface area contributed by atoms with Gasteiger partial charge in [0.05, 0.1) is 11.9 Å². The van der Waals surface area contributed by atoms with Gasteiger partial charge in [0.2, 0.25) is 5.91 Å². The van der Waals surface area contributed by atoms with Gasteiger partial charge in [0, 0.05) is 13.0 Å². The van der Waals surface area contributed by atoms with Gasteiger partial charge in [-0.2, -0.15) is 5.10 Å². The predicted octanol–water partition coefficient (Wildman–Crippen LogP) is 2.94. The smallest absolute Gasteiger partial charge is 0.228 e. The molecule has 0 spiro atoms. The number of carbonyl (C=O) groups is 1. The predicted molar refractivity (Wildman–Crippen MR) is 81.2 cm³/mol. The van der Waals surface area contributed by atoms with Crippen LogP contribution >= 0.6 is 0 Å². The molecular formula is C15H26N4O. The molecule has 3 N–H and O–H groups in total. The number of nitrogens with one attached hydrogen (secondary N) is 1. The Morgan fingerprint density at radius 2 is 2.15 bits per heavy atom. The van der Waals surface area contributed by atoms with Crippen LogP contribution in [-0.2, 0) is 11.8 Å². The molecule has 5 nitrogen and oxygen atoms in total. The summed E-state index contributed by atoms with van der Waals surface area (Å²) in [5.41, 5.74) is 6.32. The molecule has 0 radical (unpaired) electrons. The fraction of sp³-hybridized carbons (Fsp3) is 0.733. The monoisotopic (exact) mass is 278 g/mol. The van der Waals surface area contributed by atoms with Gasteiger partial charge in [-0.3, -0.25) is 9.48 Å². The number of aromatic nitrogens is 2. The fourth-order valence-electron chi connectivity index (χ4n) is 3.03. The zero-order chi connectivity index (χ0) is 14.5. The van der Waals surface area contributed by atoms with Crippen LogP contribution in [0.2, 0.25) is 0 Å². The molecule has 0 bridgehead atoms. The van der Waals surface area contributed by atoms with E-state index < -0.39 is 0 Å². The topological polar surface area (TPSA) is 72.9 Å². The second kappa shape index (κ2) is 6.77. The van der Waals surface area contributed by atoms with Gasteiger partial charge in [-0.15, -0.1) is 0 Å². The summed E-state index contributed by atoms with van der Waals surface area (Å²) in [4.78, 5) is 12.3. The van der Waals surface area contributed by atoms with E-state index in [0.717, 1.165) is 18.8 Å². The summed E-state index contributed by atoms with van der Waals surface area (Å²) in [6.07, 6.45) is 9.82. The van der Waals surface area contributed by atoms with Crippen molar-refractivity contribution in [2.24, 2.45) is 18.9 Å². The minimum atomic E-state index is 0.0919. The van der Waals surface area contributed by atoms with Crippen molar-refractivity contribution >= 4 is 17.4 Å². The van der Waals surface area contributed by atoms with E-state index in [1.165, 1.54) is 32.1 Å². The average Bonchev–Trinajstić information content (AvgIpc) is 2.77. The Morgan fingerprint density at radius 3 is 2.70 bits per heavy atom. The number of carbonyl (C=O) groups excluding carboxylic acids is 1. The highest BCUT2D eigenvalue weighted by Crippen LogP contribution is 2.32. The number of nitrogens with zero attached hydrogens (tertiary/aromatic N) is 2. The molecule has 1 aliphatic rings. The van der Waals surface area contributed by atoms with Gasteiger partial charge in [0.1, 0.15) is 0 Å². The number of rotatable bonds is 5. The first-order valence-electron chi connectivity index (χ1n) is 7.70. The zero-order valence-corrected chi connectivity index (χ0v) is 12.6. The minimum absolute atomic E-state index is 0.0919. The van der Waals surface area contributed by atoms with Crippen molar-refractivity contribution in [2.75, 3.05) is 11.1 Å². The molecule has 0 saturated heterocycles. The van der Waals surface area contributed by atoms with Crippen LogP contribution in [0, 0.1) is 11.8 Å². The largest absolute Gasteiger partial charge is 0.394 e. The number of hydrogen-bond donors (Lipinski definition) is 2. The lowest BCUT2D eigenvalue weighted by molar-refractivity contribution is -0.121. The maximum atomic E-state index is 12.3. The Morgan fingerprint density at radius 1 is 1.45 bits per heavy atom. The van der Waals surface area contributed by atoms with Crippen molar-refractivity contribution in [1.82, 2.24) is 9.78 Å². The highest BCUT2D eigenvalue weighted by molar-refractivity contribution is 5.94. The van der Waals surface area contributed by atoms with Crippen LogP contribution in [0.4, 0.5) is 11.5 Å². The Hall–Kier alpha value is -1.52.